The second kappa shape index (κ2) is 15.3. The summed E-state index contributed by atoms with van der Waals surface area (Å²) in [7, 11) is 1.58. The van der Waals surface area contributed by atoms with Crippen LogP contribution < -0.4 is 14.8 Å². The van der Waals surface area contributed by atoms with Gasteiger partial charge in [-0.3, -0.25) is 4.79 Å². The van der Waals surface area contributed by atoms with Crippen LogP contribution in [0.3, 0.4) is 0 Å². The number of benzene rings is 4. The number of carbonyl (C=O) groups is 1. The first-order chi connectivity index (χ1) is 23.0. The molecular weight excluding hydrogens is 600 g/mol. The van der Waals surface area contributed by atoms with E-state index in [1.807, 2.05) is 12.1 Å². The highest BCUT2D eigenvalue weighted by Crippen LogP contribution is 2.46. The van der Waals surface area contributed by atoms with Gasteiger partial charge in [0.25, 0.3) is 5.91 Å². The van der Waals surface area contributed by atoms with Gasteiger partial charge in [0, 0.05) is 58.3 Å². The van der Waals surface area contributed by atoms with Crippen molar-refractivity contribution in [3.8, 4) is 11.5 Å². The molecule has 13 nitrogen and oxygen atoms in total. The number of aliphatic hydroxyl groups excluding tert-OH is 1. The van der Waals surface area contributed by atoms with Gasteiger partial charge in [-0.25, -0.2) is 4.99 Å². The molecule has 0 saturated heterocycles. The van der Waals surface area contributed by atoms with E-state index in [9.17, 15) is 15.9 Å². The second-order valence-electron chi connectivity index (χ2n) is 10.6. The first-order valence-corrected chi connectivity index (χ1v) is 14.8. The van der Waals surface area contributed by atoms with Gasteiger partial charge in [0.2, 0.25) is 5.90 Å². The van der Waals surface area contributed by atoms with Crippen molar-refractivity contribution in [2.45, 2.75) is 31.0 Å². The van der Waals surface area contributed by atoms with Crippen molar-refractivity contribution >= 4 is 23.2 Å². The minimum Gasteiger partial charge on any atom is -0.497 e. The lowest BCUT2D eigenvalue weighted by Crippen LogP contribution is -2.49. The highest BCUT2D eigenvalue weighted by molar-refractivity contribution is 6.01. The van der Waals surface area contributed by atoms with Gasteiger partial charge in [0.1, 0.15) is 11.5 Å². The maximum atomic E-state index is 14.6. The Hall–Kier alpha value is -6.00. The second-order valence-corrected chi connectivity index (χ2v) is 10.6. The van der Waals surface area contributed by atoms with E-state index in [1.165, 1.54) is 0 Å². The van der Waals surface area contributed by atoms with Crippen LogP contribution in [0.2, 0.25) is 0 Å². The minimum absolute atomic E-state index is 0.0161. The molecule has 238 valence electrons. The fourth-order valence-corrected chi connectivity index (χ4v) is 5.28. The zero-order chi connectivity index (χ0) is 33.1. The summed E-state index contributed by atoms with van der Waals surface area (Å²) >= 11 is 0. The molecule has 2 atom stereocenters. The van der Waals surface area contributed by atoms with Crippen LogP contribution in [0.25, 0.3) is 20.9 Å². The average molecular weight is 633 g/mol. The molecule has 0 saturated carbocycles. The summed E-state index contributed by atoms with van der Waals surface area (Å²) in [6.07, 6.45) is -0.567. The number of nitrogens with zero attached hydrogens (tertiary/aromatic N) is 7. The molecule has 0 aromatic heterocycles. The quantitative estimate of drug-likeness (QED) is 0.0645. The van der Waals surface area contributed by atoms with Gasteiger partial charge < -0.3 is 24.6 Å². The van der Waals surface area contributed by atoms with Crippen molar-refractivity contribution in [2.24, 2.45) is 15.2 Å². The largest absolute Gasteiger partial charge is 0.497 e. The van der Waals surface area contributed by atoms with E-state index in [1.54, 1.807) is 92.0 Å². The monoisotopic (exact) mass is 632 g/mol. The Bertz CT molecular complexity index is 1830. The number of aliphatic imine (C=N–C) groups is 1. The fraction of sp³-hybridized carbons (Fsp3) is 0.235. The summed E-state index contributed by atoms with van der Waals surface area (Å²) in [4.78, 5) is 25.6. The summed E-state index contributed by atoms with van der Waals surface area (Å²) in [5, 5.41) is 19.9. The molecule has 1 aliphatic rings. The number of hydrogen-bond donors (Lipinski definition) is 2. The number of ether oxygens (including phenoxy) is 3. The van der Waals surface area contributed by atoms with E-state index in [2.05, 4.69) is 25.4 Å². The highest BCUT2D eigenvalue weighted by atomic mass is 16.5. The molecule has 2 N–H and O–H groups in total. The molecule has 0 fully saturated rings. The maximum absolute atomic E-state index is 14.6. The van der Waals surface area contributed by atoms with E-state index in [0.29, 0.717) is 46.9 Å². The van der Waals surface area contributed by atoms with Crippen molar-refractivity contribution in [3.05, 3.63) is 140 Å². The number of rotatable bonds is 14. The molecule has 1 aliphatic heterocycles. The van der Waals surface area contributed by atoms with Gasteiger partial charge in [-0.05, 0) is 58.6 Å². The number of azide groups is 2. The zero-order valence-electron chi connectivity index (χ0n) is 25.6. The maximum Gasteiger partial charge on any atom is 0.252 e. The van der Waals surface area contributed by atoms with Crippen LogP contribution in [0.15, 0.2) is 112 Å². The van der Waals surface area contributed by atoms with Crippen LogP contribution in [0.1, 0.15) is 34.8 Å². The summed E-state index contributed by atoms with van der Waals surface area (Å²) in [5.74, 6) is 1.01. The van der Waals surface area contributed by atoms with E-state index in [0.717, 1.165) is 5.56 Å². The van der Waals surface area contributed by atoms with Gasteiger partial charge in [-0.15, -0.1) is 0 Å². The van der Waals surface area contributed by atoms with Crippen molar-refractivity contribution in [2.75, 3.05) is 20.3 Å². The molecule has 0 unspecified atom stereocenters. The standard InChI is InChI=1S/C34H32N8O5/c1-45-26-15-11-23(12-16-26)22-37-33(44)34(21-25-7-2-4-9-29(25)39-41-35)31(28-8-3-5-10-30(28)40-42-36)47-32(38-34)24-13-17-27(18-14-24)46-20-6-19-43/h2-5,7-18,31,43H,6,19-22H2,1H3,(H,37,44)/t31-,34-/m1/s1. The van der Waals surface area contributed by atoms with Crippen molar-refractivity contribution in [1.29, 1.82) is 0 Å². The molecule has 5 rings (SSSR count). The molecule has 4 aromatic rings. The van der Waals surface area contributed by atoms with E-state index in [4.69, 9.17) is 24.3 Å². The van der Waals surface area contributed by atoms with Crippen molar-refractivity contribution < 1.29 is 24.1 Å². The normalized spacial score (nSPS) is 16.6. The summed E-state index contributed by atoms with van der Waals surface area (Å²) in [5.41, 5.74) is 20.1. The van der Waals surface area contributed by atoms with Gasteiger partial charge >= 0.3 is 0 Å². The Morgan fingerprint density at radius 1 is 0.936 bits per heavy atom. The molecule has 0 aliphatic carbocycles. The Morgan fingerprint density at radius 3 is 2.30 bits per heavy atom. The number of aliphatic hydroxyl groups is 1. The molecule has 0 bridgehead atoms. The number of carbonyl (C=O) groups excluding carboxylic acids is 1. The predicted molar refractivity (Wildman–Crippen MR) is 176 cm³/mol. The predicted octanol–water partition coefficient (Wildman–Crippen LogP) is 7.16. The molecule has 1 amide bonds. The highest BCUT2D eigenvalue weighted by Gasteiger charge is 2.54. The summed E-state index contributed by atoms with van der Waals surface area (Å²) in [6, 6.07) is 28.2. The van der Waals surface area contributed by atoms with Gasteiger partial charge in [0.15, 0.2) is 11.6 Å². The number of hydrogen-bond acceptors (Lipinski definition) is 8. The van der Waals surface area contributed by atoms with Gasteiger partial charge in [-0.2, -0.15) is 0 Å². The topological polar surface area (TPSA) is 187 Å². The molecule has 0 radical (unpaired) electrons. The molecule has 4 aromatic carbocycles. The van der Waals surface area contributed by atoms with Gasteiger partial charge in [0.05, 0.1) is 13.7 Å². The lowest BCUT2D eigenvalue weighted by atomic mass is 9.81. The lowest BCUT2D eigenvalue weighted by molar-refractivity contribution is -0.129. The van der Waals surface area contributed by atoms with Crippen molar-refractivity contribution in [1.82, 2.24) is 5.32 Å². The molecule has 13 heteroatoms. The summed E-state index contributed by atoms with van der Waals surface area (Å²) in [6.45, 7) is 0.554. The SMILES string of the molecule is COc1ccc(CNC(=O)[C@]2(Cc3ccccc3N=[N+]=[N-])N=C(c3ccc(OCCCO)cc3)O[C@@H]2c2ccccc2N=[N+]=[N-])cc1. The Kier molecular flexibility index (Phi) is 10.6. The van der Waals surface area contributed by atoms with Crippen LogP contribution in [0.5, 0.6) is 11.5 Å². The third kappa shape index (κ3) is 7.46. The smallest absolute Gasteiger partial charge is 0.252 e. The van der Waals surface area contributed by atoms with E-state index < -0.39 is 17.6 Å². The Labute approximate surface area is 270 Å². The third-order valence-electron chi connectivity index (χ3n) is 7.62. The molecular formula is C34H32N8O5. The van der Waals surface area contributed by atoms with Crippen molar-refractivity contribution in [3.63, 3.8) is 0 Å². The van der Waals surface area contributed by atoms with Crippen LogP contribution in [-0.2, 0) is 22.5 Å². The lowest BCUT2D eigenvalue weighted by Gasteiger charge is -2.32. The zero-order valence-corrected chi connectivity index (χ0v) is 25.6. The third-order valence-corrected chi connectivity index (χ3v) is 7.62. The molecule has 1 heterocycles. The number of methoxy groups -OCH3 is 1. The van der Waals surface area contributed by atoms with Gasteiger partial charge in [-0.1, -0.05) is 70.9 Å². The van der Waals surface area contributed by atoms with E-state index in [-0.39, 0.29) is 31.2 Å². The number of nitrogens with one attached hydrogen (secondary N) is 1. The Balaban J connectivity index is 1.63. The van der Waals surface area contributed by atoms with Crippen LogP contribution in [0, 0.1) is 0 Å². The first-order valence-electron chi connectivity index (χ1n) is 14.8. The summed E-state index contributed by atoms with van der Waals surface area (Å²) < 4.78 is 17.5. The van der Waals surface area contributed by atoms with Crippen LogP contribution >= 0.6 is 0 Å². The van der Waals surface area contributed by atoms with E-state index >= 15 is 0 Å². The van der Waals surface area contributed by atoms with Crippen LogP contribution in [-0.4, -0.2) is 42.8 Å². The van der Waals surface area contributed by atoms with Crippen LogP contribution in [0.4, 0.5) is 11.4 Å². The fourth-order valence-electron chi connectivity index (χ4n) is 5.28. The Morgan fingerprint density at radius 2 is 1.60 bits per heavy atom. The average Bonchev–Trinajstić information content (AvgIpc) is 3.49. The molecule has 47 heavy (non-hydrogen) atoms. The first kappa shape index (κ1) is 32.4. The minimum atomic E-state index is -1.64. The molecule has 0 spiro atoms. The number of amides is 1.